The highest BCUT2D eigenvalue weighted by Gasteiger charge is 2.32. The summed E-state index contributed by atoms with van der Waals surface area (Å²) >= 11 is 0. The van der Waals surface area contributed by atoms with E-state index in [2.05, 4.69) is 42.2 Å². The van der Waals surface area contributed by atoms with Gasteiger partial charge >= 0.3 is 5.69 Å². The van der Waals surface area contributed by atoms with Crippen molar-refractivity contribution in [1.29, 1.82) is 0 Å². The minimum atomic E-state index is -0.744. The summed E-state index contributed by atoms with van der Waals surface area (Å²) in [5.41, 5.74) is 15.1. The van der Waals surface area contributed by atoms with Gasteiger partial charge in [-0.2, -0.15) is 0 Å². The standard InChI is InChI=1S/C44H50FN11O4/c1-28-9-14-32(34(45)24-28)39(47)35(51-42(58)33(25-46)41-48-17-5-18-49-41)26-50-31-12-10-29(11-13-31)27-55-22-20-54(21-23-55)19-4-7-30-6-3-8-36-40(30)53(2)44(60)56(36)37-15-16-38(57)52-43(37)59/h3,5-6,8-9,14,17-18,24-26,29,31,37H,10-13,15-16,19-23,27,46-47H2,1-2H3,(H,51,58)(H,52,57,59)/b33-25+,39-35+,50-26?. The number of aromatic nitrogens is 4. The second-order valence-corrected chi connectivity index (χ2v) is 15.6. The minimum Gasteiger partial charge on any atom is -0.404 e. The number of nitrogens with zero attached hydrogens (tertiary/aromatic N) is 7. The first-order valence-electron chi connectivity index (χ1n) is 20.3. The van der Waals surface area contributed by atoms with Crippen LogP contribution in [0.15, 0.2) is 76.5 Å². The molecule has 2 saturated heterocycles. The van der Waals surface area contributed by atoms with Crippen LogP contribution in [0.2, 0.25) is 0 Å². The van der Waals surface area contributed by atoms with Crippen molar-refractivity contribution in [2.45, 2.75) is 57.5 Å². The van der Waals surface area contributed by atoms with Crippen LogP contribution in [0.5, 0.6) is 0 Å². The minimum absolute atomic E-state index is 0.0190. The van der Waals surface area contributed by atoms with Crippen molar-refractivity contribution in [3.05, 3.63) is 106 Å². The Bertz CT molecular complexity index is 2480. The van der Waals surface area contributed by atoms with E-state index >= 15 is 4.39 Å². The average molecular weight is 816 g/mol. The molecule has 4 aromatic rings. The zero-order chi connectivity index (χ0) is 42.3. The molecule has 1 unspecified atom stereocenters. The van der Waals surface area contributed by atoms with Crippen LogP contribution in [0.1, 0.15) is 67.1 Å². The van der Waals surface area contributed by atoms with Crippen molar-refractivity contribution in [2.24, 2.45) is 29.4 Å². The SMILES string of the molecule is Cc1ccc(/C(N)=C(/C=NC2CCC(CN3CCN(CC#Cc4cccc5c4n(C)c(=O)n5C4CCC(=O)NC4=O)CC3)CC2)NC(=O)/C(=C/N)c2ncccn2)c(F)c1. The van der Waals surface area contributed by atoms with Gasteiger partial charge in [0, 0.05) is 76.6 Å². The van der Waals surface area contributed by atoms with Crippen LogP contribution in [-0.2, 0) is 21.4 Å². The molecule has 7 rings (SSSR count). The number of para-hydroxylation sites is 1. The topological polar surface area (TPSA) is 199 Å². The first-order valence-corrected chi connectivity index (χ1v) is 20.3. The van der Waals surface area contributed by atoms with Gasteiger partial charge in [0.1, 0.15) is 11.9 Å². The van der Waals surface area contributed by atoms with E-state index in [0.29, 0.717) is 29.1 Å². The van der Waals surface area contributed by atoms with E-state index in [1.165, 1.54) is 33.8 Å². The Balaban J connectivity index is 0.923. The molecule has 1 saturated carbocycles. The zero-order valence-electron chi connectivity index (χ0n) is 33.9. The molecule has 3 fully saturated rings. The maximum atomic E-state index is 15.0. The lowest BCUT2D eigenvalue weighted by Gasteiger charge is -2.37. The Morgan fingerprint density at radius 2 is 1.75 bits per heavy atom. The molecule has 3 aliphatic rings. The lowest BCUT2D eigenvalue weighted by Crippen LogP contribution is -2.48. The summed E-state index contributed by atoms with van der Waals surface area (Å²) in [6.07, 6.45) is 9.88. The number of aliphatic imine (C=N–C) groups is 1. The van der Waals surface area contributed by atoms with E-state index in [-0.39, 0.29) is 58.8 Å². The molecule has 312 valence electrons. The number of carbonyl (C=O) groups excluding carboxylic acids is 3. The number of fused-ring (bicyclic) bond motifs is 1. The number of carbonyl (C=O) groups is 3. The number of rotatable bonds is 10. The number of aryl methyl sites for hydroxylation is 2. The summed E-state index contributed by atoms with van der Waals surface area (Å²) in [5, 5.41) is 5.13. The van der Waals surface area contributed by atoms with Crippen LogP contribution in [0, 0.1) is 30.5 Å². The molecule has 15 nitrogen and oxygen atoms in total. The Hall–Kier alpha value is -6.44. The number of amides is 3. The number of nitrogens with one attached hydrogen (secondary N) is 2. The highest BCUT2D eigenvalue weighted by atomic mass is 19.1. The molecule has 2 aliphatic heterocycles. The zero-order valence-corrected chi connectivity index (χ0v) is 33.9. The van der Waals surface area contributed by atoms with Gasteiger partial charge in [0.25, 0.3) is 5.91 Å². The normalized spacial score (nSPS) is 21.1. The fourth-order valence-corrected chi connectivity index (χ4v) is 8.20. The van der Waals surface area contributed by atoms with Crippen molar-refractivity contribution in [3.8, 4) is 11.8 Å². The molecule has 2 aromatic heterocycles. The highest BCUT2D eigenvalue weighted by Crippen LogP contribution is 2.28. The maximum Gasteiger partial charge on any atom is 0.329 e. The Morgan fingerprint density at radius 3 is 2.45 bits per heavy atom. The molecule has 1 aliphatic carbocycles. The summed E-state index contributed by atoms with van der Waals surface area (Å²) in [7, 11) is 1.68. The molecule has 1 atom stereocenters. The van der Waals surface area contributed by atoms with E-state index < -0.39 is 23.7 Å². The van der Waals surface area contributed by atoms with Crippen LogP contribution in [0.3, 0.4) is 0 Å². The third-order valence-corrected chi connectivity index (χ3v) is 11.5. The van der Waals surface area contributed by atoms with Crippen LogP contribution in [0.25, 0.3) is 22.3 Å². The number of benzene rings is 2. The van der Waals surface area contributed by atoms with E-state index in [1.54, 1.807) is 32.2 Å². The number of imidazole rings is 1. The summed E-state index contributed by atoms with van der Waals surface area (Å²) in [5.74, 6) is 5.37. The molecule has 0 spiro atoms. The van der Waals surface area contributed by atoms with Crippen molar-refractivity contribution >= 4 is 46.2 Å². The van der Waals surface area contributed by atoms with Gasteiger partial charge in [-0.25, -0.2) is 19.2 Å². The molecule has 3 amide bonds. The van der Waals surface area contributed by atoms with Crippen LogP contribution in [-0.4, -0.2) is 98.1 Å². The number of piperazine rings is 1. The molecule has 60 heavy (non-hydrogen) atoms. The van der Waals surface area contributed by atoms with Gasteiger partial charge in [-0.3, -0.25) is 38.7 Å². The van der Waals surface area contributed by atoms with Crippen LogP contribution >= 0.6 is 0 Å². The highest BCUT2D eigenvalue weighted by molar-refractivity contribution is 6.20. The monoisotopic (exact) mass is 815 g/mol. The summed E-state index contributed by atoms with van der Waals surface area (Å²) in [6.45, 7) is 7.05. The molecule has 0 bridgehead atoms. The van der Waals surface area contributed by atoms with Gasteiger partial charge in [0.2, 0.25) is 11.8 Å². The van der Waals surface area contributed by atoms with Gasteiger partial charge in [0.15, 0.2) is 5.82 Å². The number of allylic oxidation sites excluding steroid dienone is 1. The van der Waals surface area contributed by atoms with E-state index in [4.69, 9.17) is 16.5 Å². The molecule has 4 heterocycles. The van der Waals surface area contributed by atoms with Crippen molar-refractivity contribution < 1.29 is 18.8 Å². The van der Waals surface area contributed by atoms with E-state index in [9.17, 15) is 19.2 Å². The maximum absolute atomic E-state index is 15.0. The van der Waals surface area contributed by atoms with E-state index in [0.717, 1.165) is 70.2 Å². The molecule has 16 heteroatoms. The number of nitrogens with two attached hydrogens (primary N) is 2. The number of hydrogen-bond acceptors (Lipinski definition) is 11. The van der Waals surface area contributed by atoms with Gasteiger partial charge in [-0.05, 0) is 80.8 Å². The fourth-order valence-electron chi connectivity index (χ4n) is 8.20. The Kier molecular flexibility index (Phi) is 13.0. The van der Waals surface area contributed by atoms with Crippen molar-refractivity contribution in [3.63, 3.8) is 0 Å². The number of imide groups is 1. The fraction of sp³-hybridized carbons (Fsp3) is 0.386. The number of piperidine rings is 1. The van der Waals surface area contributed by atoms with Crippen LogP contribution in [0.4, 0.5) is 4.39 Å². The number of hydrogen-bond donors (Lipinski definition) is 4. The summed E-state index contributed by atoms with van der Waals surface area (Å²) < 4.78 is 18.0. The summed E-state index contributed by atoms with van der Waals surface area (Å²) in [6, 6.07) is 11.2. The predicted molar refractivity (Wildman–Crippen MR) is 227 cm³/mol. The third kappa shape index (κ3) is 9.38. The molecular formula is C44H50FN11O4. The van der Waals surface area contributed by atoms with Crippen LogP contribution < -0.4 is 27.8 Å². The molecule has 2 aromatic carbocycles. The summed E-state index contributed by atoms with van der Waals surface area (Å²) in [4.78, 5) is 68.9. The molecule has 6 N–H and O–H groups in total. The lowest BCUT2D eigenvalue weighted by atomic mass is 9.86. The lowest BCUT2D eigenvalue weighted by molar-refractivity contribution is -0.135. The van der Waals surface area contributed by atoms with Crippen molar-refractivity contribution in [2.75, 3.05) is 39.3 Å². The van der Waals surface area contributed by atoms with Gasteiger partial charge < -0.3 is 21.7 Å². The van der Waals surface area contributed by atoms with Crippen molar-refractivity contribution in [1.82, 2.24) is 39.5 Å². The molecule has 0 radical (unpaired) electrons. The quantitative estimate of drug-likeness (QED) is 0.0799. The number of halogens is 1. The largest absolute Gasteiger partial charge is 0.404 e. The van der Waals surface area contributed by atoms with Gasteiger partial charge in [0.05, 0.1) is 46.2 Å². The Morgan fingerprint density at radius 1 is 1.02 bits per heavy atom. The van der Waals surface area contributed by atoms with Gasteiger partial charge in [-0.15, -0.1) is 0 Å². The second-order valence-electron chi connectivity index (χ2n) is 15.6. The third-order valence-electron chi connectivity index (χ3n) is 11.5. The molecular weight excluding hydrogens is 766 g/mol. The second kappa shape index (κ2) is 18.6. The smallest absolute Gasteiger partial charge is 0.329 e. The first-order chi connectivity index (χ1) is 29.0. The van der Waals surface area contributed by atoms with E-state index in [1.807, 2.05) is 18.2 Å². The predicted octanol–water partition coefficient (Wildman–Crippen LogP) is 2.60. The van der Waals surface area contributed by atoms with Gasteiger partial charge in [-0.1, -0.05) is 24.0 Å². The average Bonchev–Trinajstić information content (AvgIpc) is 3.50. The first kappa shape index (κ1) is 41.7. The Labute approximate surface area is 347 Å².